The lowest BCUT2D eigenvalue weighted by Crippen LogP contribution is -2.20. The number of rotatable bonds is 7. The van der Waals surface area contributed by atoms with E-state index in [1.807, 2.05) is 36.5 Å². The first-order valence-electron chi connectivity index (χ1n) is 7.32. The van der Waals surface area contributed by atoms with E-state index in [4.69, 9.17) is 4.74 Å². The topological polar surface area (TPSA) is 47.0 Å². The summed E-state index contributed by atoms with van der Waals surface area (Å²) in [5.74, 6) is 2.36. The summed E-state index contributed by atoms with van der Waals surface area (Å²) in [6, 6.07) is 9.98. The number of hydrogen-bond donors (Lipinski definition) is 1. The van der Waals surface area contributed by atoms with Gasteiger partial charge in [-0.15, -0.1) is 0 Å². The van der Waals surface area contributed by atoms with Crippen molar-refractivity contribution in [1.29, 1.82) is 0 Å². The molecular formula is C17H23N3O. The number of nitrogens with one attached hydrogen (secondary N) is 1. The van der Waals surface area contributed by atoms with Crippen molar-refractivity contribution in [3.63, 3.8) is 0 Å². The van der Waals surface area contributed by atoms with Gasteiger partial charge in [-0.2, -0.15) is 0 Å². The van der Waals surface area contributed by atoms with Crippen molar-refractivity contribution < 1.29 is 4.74 Å². The van der Waals surface area contributed by atoms with Crippen LogP contribution in [0.3, 0.4) is 0 Å². The van der Waals surface area contributed by atoms with E-state index in [-0.39, 0.29) is 0 Å². The molecule has 0 unspecified atom stereocenters. The van der Waals surface area contributed by atoms with Gasteiger partial charge >= 0.3 is 0 Å². The summed E-state index contributed by atoms with van der Waals surface area (Å²) in [6.07, 6.45) is 2.57. The molecule has 21 heavy (non-hydrogen) atoms. The molecule has 1 heterocycles. The second kappa shape index (κ2) is 7.74. The van der Waals surface area contributed by atoms with E-state index in [0.717, 1.165) is 36.8 Å². The first-order chi connectivity index (χ1) is 10.2. The predicted octanol–water partition coefficient (Wildman–Crippen LogP) is 2.82. The number of aromatic nitrogens is 2. The third kappa shape index (κ3) is 5.16. The highest BCUT2D eigenvalue weighted by Crippen LogP contribution is 2.13. The standard InChI is InChI=1S/C17H23N3O/c1-13(2)11-18-12-15-8-9-19-17(20-15)10-14-4-6-16(21-3)7-5-14/h4-9,13,18H,10-12H2,1-3H3. The Bertz CT molecular complexity index is 552. The maximum atomic E-state index is 5.16. The lowest BCUT2D eigenvalue weighted by Gasteiger charge is -2.08. The molecule has 2 rings (SSSR count). The largest absolute Gasteiger partial charge is 0.497 e. The Morgan fingerprint density at radius 1 is 1.14 bits per heavy atom. The molecule has 0 amide bonds. The van der Waals surface area contributed by atoms with Gasteiger partial charge in [0, 0.05) is 19.2 Å². The van der Waals surface area contributed by atoms with Gasteiger partial charge in [0.05, 0.1) is 12.8 Å². The minimum absolute atomic E-state index is 0.644. The zero-order valence-corrected chi connectivity index (χ0v) is 13.0. The van der Waals surface area contributed by atoms with Crippen molar-refractivity contribution in [2.75, 3.05) is 13.7 Å². The van der Waals surface area contributed by atoms with Crippen molar-refractivity contribution in [3.05, 3.63) is 53.6 Å². The Balaban J connectivity index is 1.96. The SMILES string of the molecule is COc1ccc(Cc2nccc(CNCC(C)C)n2)cc1. The zero-order valence-electron chi connectivity index (χ0n) is 13.0. The van der Waals surface area contributed by atoms with Gasteiger partial charge in [-0.05, 0) is 36.2 Å². The average molecular weight is 285 g/mol. The molecule has 0 aliphatic rings. The normalized spacial score (nSPS) is 10.9. The van der Waals surface area contributed by atoms with Crippen LogP contribution in [0, 0.1) is 5.92 Å². The van der Waals surface area contributed by atoms with Crippen LogP contribution in [0.25, 0.3) is 0 Å². The van der Waals surface area contributed by atoms with Gasteiger partial charge in [0.1, 0.15) is 11.6 Å². The Kier molecular flexibility index (Phi) is 5.69. The zero-order chi connectivity index (χ0) is 15.1. The highest BCUT2D eigenvalue weighted by Gasteiger charge is 2.02. The van der Waals surface area contributed by atoms with Gasteiger partial charge in [0.2, 0.25) is 0 Å². The minimum atomic E-state index is 0.644. The summed E-state index contributed by atoms with van der Waals surface area (Å²) >= 11 is 0. The van der Waals surface area contributed by atoms with Crippen molar-refractivity contribution in [2.45, 2.75) is 26.8 Å². The van der Waals surface area contributed by atoms with Crippen LogP contribution < -0.4 is 10.1 Å². The summed E-state index contributed by atoms with van der Waals surface area (Å²) in [5.41, 5.74) is 2.22. The second-order valence-corrected chi connectivity index (χ2v) is 5.51. The third-order valence-electron chi connectivity index (χ3n) is 3.14. The van der Waals surface area contributed by atoms with Gasteiger partial charge in [-0.25, -0.2) is 9.97 Å². The van der Waals surface area contributed by atoms with Gasteiger partial charge in [0.15, 0.2) is 0 Å². The van der Waals surface area contributed by atoms with Crippen molar-refractivity contribution in [2.24, 2.45) is 5.92 Å². The van der Waals surface area contributed by atoms with E-state index >= 15 is 0 Å². The molecule has 4 heteroatoms. The van der Waals surface area contributed by atoms with Gasteiger partial charge in [0.25, 0.3) is 0 Å². The van der Waals surface area contributed by atoms with Crippen LogP contribution in [0.5, 0.6) is 5.75 Å². The fraction of sp³-hybridized carbons (Fsp3) is 0.412. The summed E-state index contributed by atoms with van der Waals surface area (Å²) in [5, 5.41) is 3.40. The first kappa shape index (κ1) is 15.4. The molecule has 1 N–H and O–H groups in total. The van der Waals surface area contributed by atoms with Gasteiger partial charge < -0.3 is 10.1 Å². The van der Waals surface area contributed by atoms with Gasteiger partial charge in [-0.1, -0.05) is 26.0 Å². The molecule has 0 saturated carbocycles. The quantitative estimate of drug-likeness (QED) is 0.850. The molecule has 0 saturated heterocycles. The maximum Gasteiger partial charge on any atom is 0.132 e. The summed E-state index contributed by atoms with van der Waals surface area (Å²) in [4.78, 5) is 8.95. The second-order valence-electron chi connectivity index (χ2n) is 5.51. The average Bonchev–Trinajstić information content (AvgIpc) is 2.48. The fourth-order valence-electron chi connectivity index (χ4n) is 2.04. The van der Waals surface area contributed by atoms with E-state index in [1.165, 1.54) is 5.56 Å². The molecular weight excluding hydrogens is 262 g/mol. The Morgan fingerprint density at radius 3 is 2.57 bits per heavy atom. The van der Waals surface area contributed by atoms with Crippen molar-refractivity contribution >= 4 is 0 Å². The monoisotopic (exact) mass is 285 g/mol. The van der Waals surface area contributed by atoms with E-state index in [0.29, 0.717) is 5.92 Å². The molecule has 0 aliphatic carbocycles. The van der Waals surface area contributed by atoms with Crippen LogP contribution >= 0.6 is 0 Å². The Labute approximate surface area is 126 Å². The molecule has 0 spiro atoms. The number of nitrogens with zero attached hydrogens (tertiary/aromatic N) is 2. The summed E-state index contributed by atoms with van der Waals surface area (Å²) in [6.45, 7) is 6.18. The Morgan fingerprint density at radius 2 is 1.90 bits per heavy atom. The molecule has 1 aromatic heterocycles. The number of benzene rings is 1. The van der Waals surface area contributed by atoms with E-state index in [2.05, 4.69) is 29.1 Å². The van der Waals surface area contributed by atoms with E-state index in [1.54, 1.807) is 7.11 Å². The van der Waals surface area contributed by atoms with Crippen LogP contribution in [0.15, 0.2) is 36.5 Å². The highest BCUT2D eigenvalue weighted by atomic mass is 16.5. The highest BCUT2D eigenvalue weighted by molar-refractivity contribution is 5.28. The lowest BCUT2D eigenvalue weighted by molar-refractivity contribution is 0.414. The molecule has 2 aromatic rings. The maximum absolute atomic E-state index is 5.16. The smallest absolute Gasteiger partial charge is 0.132 e. The number of hydrogen-bond acceptors (Lipinski definition) is 4. The van der Waals surface area contributed by atoms with Crippen LogP contribution in [0.4, 0.5) is 0 Å². The molecule has 0 aliphatic heterocycles. The summed E-state index contributed by atoms with van der Waals surface area (Å²) in [7, 11) is 1.67. The van der Waals surface area contributed by atoms with Crippen LogP contribution in [0.1, 0.15) is 30.9 Å². The molecule has 0 atom stereocenters. The molecule has 4 nitrogen and oxygen atoms in total. The minimum Gasteiger partial charge on any atom is -0.497 e. The lowest BCUT2D eigenvalue weighted by atomic mass is 10.1. The molecule has 0 fully saturated rings. The fourth-order valence-corrected chi connectivity index (χ4v) is 2.04. The van der Waals surface area contributed by atoms with Crippen molar-refractivity contribution in [3.8, 4) is 5.75 Å². The Hall–Kier alpha value is -1.94. The third-order valence-corrected chi connectivity index (χ3v) is 3.14. The predicted molar refractivity (Wildman–Crippen MR) is 84.4 cm³/mol. The van der Waals surface area contributed by atoms with E-state index < -0.39 is 0 Å². The van der Waals surface area contributed by atoms with E-state index in [9.17, 15) is 0 Å². The van der Waals surface area contributed by atoms with Crippen LogP contribution in [0.2, 0.25) is 0 Å². The molecule has 112 valence electrons. The number of ether oxygens (including phenoxy) is 1. The molecule has 0 bridgehead atoms. The van der Waals surface area contributed by atoms with Gasteiger partial charge in [-0.3, -0.25) is 0 Å². The van der Waals surface area contributed by atoms with Crippen LogP contribution in [-0.2, 0) is 13.0 Å². The molecule has 0 radical (unpaired) electrons. The van der Waals surface area contributed by atoms with Crippen LogP contribution in [-0.4, -0.2) is 23.6 Å². The van der Waals surface area contributed by atoms with Crippen molar-refractivity contribution in [1.82, 2.24) is 15.3 Å². The first-order valence-corrected chi connectivity index (χ1v) is 7.32. The molecule has 1 aromatic carbocycles. The number of methoxy groups -OCH3 is 1. The summed E-state index contributed by atoms with van der Waals surface area (Å²) < 4.78 is 5.16.